The maximum absolute atomic E-state index is 13.8. The summed E-state index contributed by atoms with van der Waals surface area (Å²) in [4.78, 5) is 41.1. The summed E-state index contributed by atoms with van der Waals surface area (Å²) in [5.41, 5.74) is 3.57. The third-order valence-electron chi connectivity index (χ3n) is 5.88. The van der Waals surface area contributed by atoms with E-state index in [1.807, 2.05) is 77.1 Å². The molecule has 2 rings (SSSR count). The van der Waals surface area contributed by atoms with E-state index in [9.17, 15) is 14.4 Å². The molecule has 7 nitrogen and oxygen atoms in total. The summed E-state index contributed by atoms with van der Waals surface area (Å²) in [6, 6.07) is 12.2. The van der Waals surface area contributed by atoms with Gasteiger partial charge in [0.25, 0.3) is 5.91 Å². The van der Waals surface area contributed by atoms with E-state index in [4.69, 9.17) is 4.74 Å². The van der Waals surface area contributed by atoms with Gasteiger partial charge in [0, 0.05) is 11.7 Å². The van der Waals surface area contributed by atoms with Crippen molar-refractivity contribution in [2.75, 3.05) is 11.9 Å². The van der Waals surface area contributed by atoms with E-state index in [0.29, 0.717) is 6.42 Å². The molecule has 0 saturated heterocycles. The molecule has 7 heteroatoms. The van der Waals surface area contributed by atoms with E-state index in [1.165, 1.54) is 0 Å². The lowest BCUT2D eigenvalue weighted by Crippen LogP contribution is -2.50. The highest BCUT2D eigenvalue weighted by Gasteiger charge is 2.35. The molecule has 0 saturated carbocycles. The Hall–Kier alpha value is -3.35. The fourth-order valence-electron chi connectivity index (χ4n) is 3.91. The molecule has 2 unspecified atom stereocenters. The molecule has 35 heavy (non-hydrogen) atoms. The van der Waals surface area contributed by atoms with Crippen molar-refractivity contribution in [3.05, 3.63) is 64.7 Å². The molecule has 0 spiro atoms. The van der Waals surface area contributed by atoms with E-state index in [0.717, 1.165) is 27.9 Å². The number of aryl methyl sites for hydroxylation is 3. The van der Waals surface area contributed by atoms with Crippen LogP contribution in [0.3, 0.4) is 0 Å². The zero-order chi connectivity index (χ0) is 26.3. The summed E-state index contributed by atoms with van der Waals surface area (Å²) in [6.07, 6.45) is -0.0422. The summed E-state index contributed by atoms with van der Waals surface area (Å²) in [7, 11) is 0. The van der Waals surface area contributed by atoms with Gasteiger partial charge in [0.05, 0.1) is 0 Å². The smallest absolute Gasteiger partial charge is 0.408 e. The molecule has 3 amide bonds. The molecule has 2 atom stereocenters. The van der Waals surface area contributed by atoms with Crippen LogP contribution in [0, 0.1) is 20.8 Å². The number of benzene rings is 2. The van der Waals surface area contributed by atoms with Crippen molar-refractivity contribution < 1.29 is 19.1 Å². The minimum absolute atomic E-state index is 0.253. The first-order chi connectivity index (χ1) is 16.4. The zero-order valence-corrected chi connectivity index (χ0v) is 22.2. The van der Waals surface area contributed by atoms with Crippen LogP contribution in [-0.4, -0.2) is 41.0 Å². The normalized spacial score (nSPS) is 12.9. The molecule has 0 aliphatic heterocycles. The van der Waals surface area contributed by atoms with Crippen molar-refractivity contribution >= 4 is 23.6 Å². The molecule has 0 aliphatic carbocycles. The summed E-state index contributed by atoms with van der Waals surface area (Å²) in [5.74, 6) is -0.669. The van der Waals surface area contributed by atoms with Gasteiger partial charge >= 0.3 is 6.09 Å². The van der Waals surface area contributed by atoms with Gasteiger partial charge < -0.3 is 20.3 Å². The number of alkyl carbamates (subject to hydrolysis) is 1. The van der Waals surface area contributed by atoms with Gasteiger partial charge in [0.2, 0.25) is 5.91 Å². The highest BCUT2D eigenvalue weighted by molar-refractivity contribution is 5.99. The summed E-state index contributed by atoms with van der Waals surface area (Å²) in [5, 5.41) is 5.61. The summed E-state index contributed by atoms with van der Waals surface area (Å²) >= 11 is 0. The zero-order valence-electron chi connectivity index (χ0n) is 22.2. The molecule has 2 aromatic rings. The predicted octanol–water partition coefficient (Wildman–Crippen LogP) is 5.44. The Morgan fingerprint density at radius 3 is 2.06 bits per heavy atom. The topological polar surface area (TPSA) is 87.7 Å². The van der Waals surface area contributed by atoms with Gasteiger partial charge in [0.15, 0.2) is 0 Å². The Morgan fingerprint density at radius 2 is 1.51 bits per heavy atom. The average Bonchev–Trinajstić information content (AvgIpc) is 2.77. The van der Waals surface area contributed by atoms with Crippen molar-refractivity contribution in [1.82, 2.24) is 10.2 Å². The molecular weight excluding hydrogens is 442 g/mol. The average molecular weight is 482 g/mol. The molecule has 0 aromatic heterocycles. The van der Waals surface area contributed by atoms with Gasteiger partial charge in [-0.2, -0.15) is 0 Å². The number of nitrogens with zero attached hydrogens (tertiary/aromatic N) is 1. The van der Waals surface area contributed by atoms with E-state index in [1.54, 1.807) is 25.7 Å². The number of carbonyl (C=O) groups is 3. The Kier molecular flexibility index (Phi) is 9.46. The molecule has 0 radical (unpaired) electrons. The molecule has 190 valence electrons. The van der Waals surface area contributed by atoms with Crippen molar-refractivity contribution in [3.8, 4) is 0 Å². The number of hydrogen-bond acceptors (Lipinski definition) is 4. The maximum atomic E-state index is 13.8. The molecule has 2 aromatic carbocycles. The second kappa shape index (κ2) is 11.9. The van der Waals surface area contributed by atoms with Crippen LogP contribution >= 0.6 is 0 Å². The molecule has 0 aliphatic rings. The Morgan fingerprint density at radius 1 is 0.943 bits per heavy atom. The maximum Gasteiger partial charge on any atom is 0.408 e. The number of carbonyl (C=O) groups excluding carboxylic acids is 3. The number of rotatable bonds is 8. The number of nitrogens with one attached hydrogen (secondary N) is 2. The van der Waals surface area contributed by atoms with Crippen molar-refractivity contribution in [2.45, 2.75) is 79.5 Å². The number of anilines is 1. The minimum atomic E-state index is -0.877. The van der Waals surface area contributed by atoms with Crippen LogP contribution in [0.1, 0.15) is 69.3 Å². The second-order valence-corrected chi connectivity index (χ2v) is 9.93. The van der Waals surface area contributed by atoms with Crippen molar-refractivity contribution in [1.29, 1.82) is 0 Å². The van der Waals surface area contributed by atoms with Crippen molar-refractivity contribution in [3.63, 3.8) is 0 Å². The summed E-state index contributed by atoms with van der Waals surface area (Å²) in [6.45, 7) is 14.7. The number of para-hydroxylation sites is 1. The van der Waals surface area contributed by atoms with Crippen LogP contribution in [0.4, 0.5) is 10.5 Å². The molecule has 2 N–H and O–H groups in total. The van der Waals surface area contributed by atoms with Crippen LogP contribution in [-0.2, 0) is 14.3 Å². The van der Waals surface area contributed by atoms with Crippen molar-refractivity contribution in [2.24, 2.45) is 0 Å². The highest BCUT2D eigenvalue weighted by atomic mass is 16.6. The lowest BCUT2D eigenvalue weighted by molar-refractivity contribution is -0.140. The van der Waals surface area contributed by atoms with Gasteiger partial charge in [-0.25, -0.2) is 4.79 Å². The van der Waals surface area contributed by atoms with Gasteiger partial charge in [-0.15, -0.1) is 0 Å². The fourth-order valence-corrected chi connectivity index (χ4v) is 3.91. The van der Waals surface area contributed by atoms with Gasteiger partial charge in [-0.3, -0.25) is 9.59 Å². The Bertz CT molecular complexity index is 1040. The molecule has 0 fully saturated rings. The first-order valence-corrected chi connectivity index (χ1v) is 12.1. The van der Waals surface area contributed by atoms with E-state index < -0.39 is 17.7 Å². The summed E-state index contributed by atoms with van der Waals surface area (Å²) < 4.78 is 5.27. The lowest BCUT2D eigenvalue weighted by Gasteiger charge is -2.36. The standard InChI is InChI=1S/C28H39N3O4/c1-9-21(5)31(23(32)17-29-27(34)35-28(6,7)8)25(22-16-11-10-13-18(22)2)26(33)30-24-19(3)14-12-15-20(24)4/h10-16,21,25H,9,17H2,1-8H3,(H,29,34)(H,30,33). The molecular formula is C28H39N3O4. The fraction of sp³-hybridized carbons (Fsp3) is 0.464. The number of ether oxygens (including phenoxy) is 1. The quantitative estimate of drug-likeness (QED) is 0.525. The van der Waals surface area contributed by atoms with Gasteiger partial charge in [-0.05, 0) is 77.1 Å². The van der Waals surface area contributed by atoms with Crippen LogP contribution in [0.15, 0.2) is 42.5 Å². The third-order valence-corrected chi connectivity index (χ3v) is 5.88. The van der Waals surface area contributed by atoms with Gasteiger partial charge in [-0.1, -0.05) is 49.4 Å². The van der Waals surface area contributed by atoms with Gasteiger partial charge in [0.1, 0.15) is 18.2 Å². The third kappa shape index (κ3) is 7.57. The van der Waals surface area contributed by atoms with Crippen LogP contribution < -0.4 is 10.6 Å². The van der Waals surface area contributed by atoms with Crippen LogP contribution in [0.25, 0.3) is 0 Å². The number of hydrogen-bond donors (Lipinski definition) is 2. The SMILES string of the molecule is CCC(C)N(C(=O)CNC(=O)OC(C)(C)C)C(C(=O)Nc1c(C)cccc1C)c1ccccc1C. The first-order valence-electron chi connectivity index (χ1n) is 12.1. The van der Waals surface area contributed by atoms with E-state index in [-0.39, 0.29) is 24.4 Å². The number of amides is 3. The Balaban J connectivity index is 2.45. The monoisotopic (exact) mass is 481 g/mol. The molecule has 0 heterocycles. The minimum Gasteiger partial charge on any atom is -0.444 e. The van der Waals surface area contributed by atoms with Crippen LogP contribution in [0.2, 0.25) is 0 Å². The largest absolute Gasteiger partial charge is 0.444 e. The lowest BCUT2D eigenvalue weighted by atomic mass is 9.96. The van der Waals surface area contributed by atoms with E-state index in [2.05, 4.69) is 10.6 Å². The van der Waals surface area contributed by atoms with E-state index >= 15 is 0 Å². The van der Waals surface area contributed by atoms with Crippen LogP contribution in [0.5, 0.6) is 0 Å². The predicted molar refractivity (Wildman–Crippen MR) is 139 cm³/mol. The highest BCUT2D eigenvalue weighted by Crippen LogP contribution is 2.30. The molecule has 0 bridgehead atoms. The first kappa shape index (κ1) is 27.9. The second-order valence-electron chi connectivity index (χ2n) is 9.93. The Labute approximate surface area is 209 Å².